The fraction of sp³-hybridized carbons (Fsp3) is 0.579. The van der Waals surface area contributed by atoms with Gasteiger partial charge in [-0.2, -0.15) is 4.68 Å². The number of nitrogens with zero attached hydrogens (tertiary/aromatic N) is 5. The molecule has 1 heterocycles. The van der Waals surface area contributed by atoms with E-state index >= 15 is 0 Å². The first-order chi connectivity index (χ1) is 12.9. The predicted octanol–water partition coefficient (Wildman–Crippen LogP) is 4.12. The molecule has 146 valence electrons. The zero-order valence-corrected chi connectivity index (χ0v) is 16.8. The Kier molecular flexibility index (Phi) is 5.99. The molecule has 1 fully saturated rings. The van der Waals surface area contributed by atoms with Gasteiger partial charge < -0.3 is 0 Å². The van der Waals surface area contributed by atoms with Crippen LogP contribution < -0.4 is 10.6 Å². The van der Waals surface area contributed by atoms with E-state index in [9.17, 15) is 9.59 Å². The molecule has 1 aliphatic rings. The van der Waals surface area contributed by atoms with Gasteiger partial charge >= 0.3 is 11.7 Å². The highest BCUT2D eigenvalue weighted by Gasteiger charge is 2.30. The van der Waals surface area contributed by atoms with Crippen molar-refractivity contribution in [2.45, 2.75) is 65.0 Å². The summed E-state index contributed by atoms with van der Waals surface area (Å²) in [4.78, 5) is 27.6. The Morgan fingerprint density at radius 3 is 2.56 bits per heavy atom. The summed E-state index contributed by atoms with van der Waals surface area (Å²) >= 11 is 5.97. The number of aromatic nitrogens is 4. The summed E-state index contributed by atoms with van der Waals surface area (Å²) in [5, 5.41) is 8.53. The van der Waals surface area contributed by atoms with E-state index in [0.29, 0.717) is 16.6 Å². The van der Waals surface area contributed by atoms with E-state index in [-0.39, 0.29) is 12.1 Å². The third-order valence-electron chi connectivity index (χ3n) is 5.51. The van der Waals surface area contributed by atoms with E-state index in [1.165, 1.54) is 4.68 Å². The zero-order valence-electron chi connectivity index (χ0n) is 16.0. The Morgan fingerprint density at radius 2 is 1.93 bits per heavy atom. The standard InChI is InChI=1S/C19H26ClN5O2/c1-4-14(3)23(16-11-9-15(20)10-12-16)18(26)25-19(27)24(21-22-25)17-8-6-5-7-13(17)2/h9-14,17H,4-8H2,1-3H3. The third-order valence-corrected chi connectivity index (χ3v) is 5.76. The lowest BCUT2D eigenvalue weighted by atomic mass is 9.86. The molecule has 7 nitrogen and oxygen atoms in total. The average Bonchev–Trinajstić information content (AvgIpc) is 3.05. The Bertz CT molecular complexity index is 845. The molecule has 8 heteroatoms. The molecule has 3 atom stereocenters. The van der Waals surface area contributed by atoms with Gasteiger partial charge in [-0.1, -0.05) is 38.3 Å². The van der Waals surface area contributed by atoms with Crippen molar-refractivity contribution in [2.75, 3.05) is 4.90 Å². The molecular formula is C19H26ClN5O2. The predicted molar refractivity (Wildman–Crippen MR) is 105 cm³/mol. The molecule has 0 radical (unpaired) electrons. The molecular weight excluding hydrogens is 366 g/mol. The van der Waals surface area contributed by atoms with Gasteiger partial charge in [-0.25, -0.2) is 9.59 Å². The van der Waals surface area contributed by atoms with Crippen molar-refractivity contribution in [3.63, 3.8) is 0 Å². The van der Waals surface area contributed by atoms with E-state index in [0.717, 1.165) is 36.8 Å². The number of amides is 1. The van der Waals surface area contributed by atoms with E-state index in [1.54, 1.807) is 29.2 Å². The maximum absolute atomic E-state index is 13.2. The monoisotopic (exact) mass is 391 g/mol. The fourth-order valence-electron chi connectivity index (χ4n) is 3.68. The second kappa shape index (κ2) is 8.25. The van der Waals surface area contributed by atoms with Crippen LogP contribution in [0.3, 0.4) is 0 Å². The highest BCUT2D eigenvalue weighted by molar-refractivity contribution is 6.30. The van der Waals surface area contributed by atoms with E-state index in [2.05, 4.69) is 17.4 Å². The van der Waals surface area contributed by atoms with Gasteiger partial charge in [0.2, 0.25) is 0 Å². The number of tetrazole rings is 1. The Morgan fingerprint density at radius 1 is 1.26 bits per heavy atom. The third kappa shape index (κ3) is 3.93. The first-order valence-corrected chi connectivity index (χ1v) is 9.95. The minimum Gasteiger partial charge on any atom is -0.290 e. The first kappa shape index (κ1) is 19.6. The molecule has 1 aliphatic carbocycles. The number of benzene rings is 1. The summed E-state index contributed by atoms with van der Waals surface area (Å²) in [5.41, 5.74) is 0.201. The van der Waals surface area contributed by atoms with Gasteiger partial charge in [-0.15, -0.1) is 4.68 Å². The van der Waals surface area contributed by atoms with Crippen LogP contribution in [0.4, 0.5) is 10.5 Å². The molecule has 1 aromatic heterocycles. The molecule has 1 amide bonds. The van der Waals surface area contributed by atoms with Crippen LogP contribution in [0, 0.1) is 5.92 Å². The van der Waals surface area contributed by atoms with Crippen molar-refractivity contribution < 1.29 is 4.79 Å². The normalized spacial score (nSPS) is 21.0. The molecule has 0 saturated heterocycles. The molecule has 1 aromatic carbocycles. The molecule has 0 bridgehead atoms. The van der Waals surface area contributed by atoms with Crippen molar-refractivity contribution in [1.29, 1.82) is 0 Å². The van der Waals surface area contributed by atoms with Crippen LogP contribution in [0.1, 0.15) is 58.9 Å². The van der Waals surface area contributed by atoms with Crippen LogP contribution in [0.5, 0.6) is 0 Å². The molecule has 3 unspecified atom stereocenters. The van der Waals surface area contributed by atoms with Gasteiger partial charge in [-0.05, 0) is 66.8 Å². The lowest BCUT2D eigenvalue weighted by Crippen LogP contribution is -2.46. The number of hydrogen-bond donors (Lipinski definition) is 0. The molecule has 0 spiro atoms. The maximum Gasteiger partial charge on any atom is 0.372 e. The van der Waals surface area contributed by atoms with Crippen molar-refractivity contribution in [3.8, 4) is 0 Å². The number of halogens is 1. The van der Waals surface area contributed by atoms with Crippen LogP contribution in [0.2, 0.25) is 5.02 Å². The van der Waals surface area contributed by atoms with Gasteiger partial charge in [0, 0.05) is 16.8 Å². The molecule has 1 saturated carbocycles. The lowest BCUT2D eigenvalue weighted by Gasteiger charge is -2.28. The van der Waals surface area contributed by atoms with Crippen molar-refractivity contribution in [3.05, 3.63) is 39.8 Å². The maximum atomic E-state index is 13.2. The number of carbonyl (C=O) groups excluding carboxylic acids is 1. The van der Waals surface area contributed by atoms with Crippen LogP contribution in [-0.4, -0.2) is 31.9 Å². The summed E-state index contributed by atoms with van der Waals surface area (Å²) in [5.74, 6) is 0.346. The highest BCUT2D eigenvalue weighted by Crippen LogP contribution is 2.31. The Hall–Kier alpha value is -2.15. The molecule has 0 N–H and O–H groups in total. The van der Waals surface area contributed by atoms with Crippen LogP contribution in [-0.2, 0) is 0 Å². The molecule has 0 aliphatic heterocycles. The number of anilines is 1. The summed E-state index contributed by atoms with van der Waals surface area (Å²) in [6.45, 7) is 6.05. The second-order valence-electron chi connectivity index (χ2n) is 7.33. The first-order valence-electron chi connectivity index (χ1n) is 9.57. The minimum atomic E-state index is -0.494. The van der Waals surface area contributed by atoms with Crippen molar-refractivity contribution in [1.82, 2.24) is 19.8 Å². The van der Waals surface area contributed by atoms with Crippen molar-refractivity contribution >= 4 is 23.3 Å². The van der Waals surface area contributed by atoms with E-state index < -0.39 is 11.7 Å². The summed E-state index contributed by atoms with van der Waals surface area (Å²) < 4.78 is 2.26. The van der Waals surface area contributed by atoms with Crippen LogP contribution in [0.25, 0.3) is 0 Å². The van der Waals surface area contributed by atoms with Crippen molar-refractivity contribution in [2.24, 2.45) is 5.92 Å². The van der Waals surface area contributed by atoms with Gasteiger partial charge in [0.15, 0.2) is 0 Å². The van der Waals surface area contributed by atoms with Crippen LogP contribution in [0.15, 0.2) is 29.1 Å². The highest BCUT2D eigenvalue weighted by atomic mass is 35.5. The summed E-state index contributed by atoms with van der Waals surface area (Å²) in [6, 6.07) is 6.39. The van der Waals surface area contributed by atoms with Gasteiger partial charge in [0.1, 0.15) is 0 Å². The number of carbonyl (C=O) groups is 1. The lowest BCUT2D eigenvalue weighted by molar-refractivity contribution is 0.230. The summed E-state index contributed by atoms with van der Waals surface area (Å²) in [7, 11) is 0. The summed E-state index contributed by atoms with van der Waals surface area (Å²) in [6.07, 6.45) is 4.91. The quantitative estimate of drug-likeness (QED) is 0.735. The fourth-order valence-corrected chi connectivity index (χ4v) is 3.81. The van der Waals surface area contributed by atoms with E-state index in [4.69, 9.17) is 11.6 Å². The number of rotatable bonds is 4. The smallest absolute Gasteiger partial charge is 0.290 e. The topological polar surface area (TPSA) is 73.0 Å². The average molecular weight is 392 g/mol. The largest absolute Gasteiger partial charge is 0.372 e. The van der Waals surface area contributed by atoms with Gasteiger partial charge in [0.05, 0.1) is 6.04 Å². The number of hydrogen-bond acceptors (Lipinski definition) is 4. The minimum absolute atomic E-state index is 0.000352. The van der Waals surface area contributed by atoms with Crippen LogP contribution >= 0.6 is 11.6 Å². The molecule has 27 heavy (non-hydrogen) atoms. The SMILES string of the molecule is CCC(C)N(C(=O)n1nnn(C2CCCCC2C)c1=O)c1ccc(Cl)cc1. The zero-order chi connectivity index (χ0) is 19.6. The van der Waals surface area contributed by atoms with Gasteiger partial charge in [-0.3, -0.25) is 4.90 Å². The Balaban J connectivity index is 1.95. The second-order valence-corrected chi connectivity index (χ2v) is 7.77. The van der Waals surface area contributed by atoms with Gasteiger partial charge in [0.25, 0.3) is 0 Å². The van der Waals surface area contributed by atoms with E-state index in [1.807, 2.05) is 13.8 Å². The Labute approximate surface area is 163 Å². The molecule has 3 rings (SSSR count). The molecule has 2 aromatic rings.